The van der Waals surface area contributed by atoms with Crippen LogP contribution in [0.3, 0.4) is 0 Å². The third-order valence-corrected chi connectivity index (χ3v) is 2.45. The number of benzene rings is 1. The number of carbonyl (C=O) groups excluding carboxylic acids is 2. The van der Waals surface area contributed by atoms with Crippen LogP contribution in [0.25, 0.3) is 0 Å². The minimum atomic E-state index is -0.633. The minimum absolute atomic E-state index is 0.151. The van der Waals surface area contributed by atoms with Crippen LogP contribution in [0.1, 0.15) is 24.9 Å². The van der Waals surface area contributed by atoms with E-state index in [1.807, 2.05) is 18.2 Å². The molecule has 0 bridgehead atoms. The van der Waals surface area contributed by atoms with Crippen LogP contribution in [0.2, 0.25) is 0 Å². The van der Waals surface area contributed by atoms with Crippen LogP contribution >= 0.6 is 9.39 Å². The lowest BCUT2D eigenvalue weighted by Crippen LogP contribution is -2.37. The average Bonchev–Trinajstić information content (AvgIpc) is 2.35. The van der Waals surface area contributed by atoms with Crippen molar-refractivity contribution in [2.24, 2.45) is 0 Å². The molecule has 0 aliphatic heterocycles. The minimum Gasteiger partial charge on any atom is -0.341 e. The van der Waals surface area contributed by atoms with Crippen molar-refractivity contribution in [1.82, 2.24) is 10.4 Å². The van der Waals surface area contributed by atoms with Gasteiger partial charge < -0.3 is 10.4 Å². The molecule has 1 rings (SSSR count). The van der Waals surface area contributed by atoms with Gasteiger partial charge >= 0.3 is 0 Å². The zero-order valence-electron chi connectivity index (χ0n) is 9.07. The third kappa shape index (κ3) is 3.31. The topological polar surface area (TPSA) is 58.2 Å². The number of hydrogen-bond donors (Lipinski definition) is 2. The second-order valence-electron chi connectivity index (χ2n) is 3.27. The zero-order valence-corrected chi connectivity index (χ0v) is 10.2. The first-order chi connectivity index (χ1) is 7.69. The van der Waals surface area contributed by atoms with Gasteiger partial charge in [-0.2, -0.15) is 0 Å². The number of rotatable bonds is 4. The van der Waals surface area contributed by atoms with Crippen LogP contribution in [-0.4, -0.2) is 11.8 Å². The molecule has 0 saturated carbocycles. The van der Waals surface area contributed by atoms with Crippen molar-refractivity contribution < 1.29 is 9.59 Å². The fourth-order valence-electron chi connectivity index (χ4n) is 1.29. The quantitative estimate of drug-likeness (QED) is 0.773. The van der Waals surface area contributed by atoms with Crippen LogP contribution < -0.4 is 10.4 Å². The number of nitrogens with one attached hydrogen (secondary N) is 2. The maximum Gasteiger partial charge on any atom is 0.250 e. The molecule has 2 atom stereocenters. The molecule has 0 radical (unpaired) electrons. The summed E-state index contributed by atoms with van der Waals surface area (Å²) in [4.78, 5) is 22.9. The largest absolute Gasteiger partial charge is 0.341 e. The maximum atomic E-state index is 11.6. The highest BCUT2D eigenvalue weighted by Crippen LogP contribution is 2.13. The van der Waals surface area contributed by atoms with E-state index < -0.39 is 6.04 Å². The SMILES string of the molecule is CCC(=O)N[C@H](C(=O)NP)c1ccccc1. The first kappa shape index (κ1) is 12.7. The molecule has 86 valence electrons. The Morgan fingerprint density at radius 3 is 2.44 bits per heavy atom. The molecule has 2 N–H and O–H groups in total. The van der Waals surface area contributed by atoms with Gasteiger partial charge in [0.1, 0.15) is 6.04 Å². The molecule has 0 saturated heterocycles. The van der Waals surface area contributed by atoms with E-state index in [0.29, 0.717) is 6.42 Å². The Balaban J connectivity index is 2.88. The highest BCUT2D eigenvalue weighted by Gasteiger charge is 2.20. The summed E-state index contributed by atoms with van der Waals surface area (Å²) in [5.74, 6) is -0.402. The van der Waals surface area contributed by atoms with Crippen molar-refractivity contribution in [1.29, 1.82) is 0 Å². The predicted molar refractivity (Wildman–Crippen MR) is 65.5 cm³/mol. The van der Waals surface area contributed by atoms with Crippen molar-refractivity contribution in [3.63, 3.8) is 0 Å². The van der Waals surface area contributed by atoms with E-state index >= 15 is 0 Å². The van der Waals surface area contributed by atoms with Crippen molar-refractivity contribution in [2.45, 2.75) is 19.4 Å². The Kier molecular flexibility index (Phi) is 4.93. The van der Waals surface area contributed by atoms with E-state index in [2.05, 4.69) is 19.8 Å². The molecule has 0 aliphatic rings. The molecule has 4 nitrogen and oxygen atoms in total. The maximum absolute atomic E-state index is 11.6. The molecule has 0 heterocycles. The van der Waals surface area contributed by atoms with Crippen molar-refractivity contribution in [3.8, 4) is 0 Å². The predicted octanol–water partition coefficient (Wildman–Crippen LogP) is 1.16. The summed E-state index contributed by atoms with van der Waals surface area (Å²) < 4.78 is 0. The highest BCUT2D eigenvalue weighted by atomic mass is 31.0. The molecule has 0 aliphatic carbocycles. The Morgan fingerprint density at radius 2 is 1.94 bits per heavy atom. The lowest BCUT2D eigenvalue weighted by Gasteiger charge is -2.17. The van der Waals surface area contributed by atoms with Crippen LogP contribution in [0.15, 0.2) is 30.3 Å². The summed E-state index contributed by atoms with van der Waals surface area (Å²) in [5.41, 5.74) is 0.768. The van der Waals surface area contributed by atoms with Crippen LogP contribution in [0, 0.1) is 0 Å². The van der Waals surface area contributed by atoms with Gasteiger partial charge in [0, 0.05) is 6.42 Å². The van der Waals surface area contributed by atoms with Gasteiger partial charge in [0.05, 0.1) is 0 Å². The Morgan fingerprint density at radius 1 is 1.31 bits per heavy atom. The van der Waals surface area contributed by atoms with Gasteiger partial charge in [-0.3, -0.25) is 9.59 Å². The first-order valence-corrected chi connectivity index (χ1v) is 5.61. The van der Waals surface area contributed by atoms with Crippen LogP contribution in [0.5, 0.6) is 0 Å². The molecule has 1 aromatic carbocycles. The number of amides is 2. The van der Waals surface area contributed by atoms with Gasteiger partial charge in [-0.15, -0.1) is 0 Å². The van der Waals surface area contributed by atoms with Crippen molar-refractivity contribution in [3.05, 3.63) is 35.9 Å². The third-order valence-electron chi connectivity index (χ3n) is 2.16. The van der Waals surface area contributed by atoms with Gasteiger partial charge in [0.15, 0.2) is 0 Å². The highest BCUT2D eigenvalue weighted by molar-refractivity contribution is 7.15. The van der Waals surface area contributed by atoms with Crippen LogP contribution in [0.4, 0.5) is 0 Å². The average molecular weight is 238 g/mol. The monoisotopic (exact) mass is 238 g/mol. The molecule has 2 amide bonds. The van der Waals surface area contributed by atoms with E-state index in [1.54, 1.807) is 19.1 Å². The number of hydrogen-bond acceptors (Lipinski definition) is 2. The fraction of sp³-hybridized carbons (Fsp3) is 0.273. The molecule has 1 unspecified atom stereocenters. The summed E-state index contributed by atoms with van der Waals surface area (Å²) in [6, 6.07) is 8.50. The van der Waals surface area contributed by atoms with Crippen LogP contribution in [-0.2, 0) is 9.59 Å². The summed E-state index contributed by atoms with van der Waals surface area (Å²) >= 11 is 0. The molecule has 0 aromatic heterocycles. The van der Waals surface area contributed by atoms with E-state index in [1.165, 1.54) is 0 Å². The summed E-state index contributed by atoms with van der Waals surface area (Å²) in [6.45, 7) is 1.75. The summed E-state index contributed by atoms with van der Waals surface area (Å²) in [6.07, 6.45) is 0.355. The number of carbonyl (C=O) groups is 2. The van der Waals surface area contributed by atoms with Crippen molar-refractivity contribution >= 4 is 21.2 Å². The molecular formula is C11H15N2O2P. The van der Waals surface area contributed by atoms with E-state index in [4.69, 9.17) is 0 Å². The molecule has 1 aromatic rings. The van der Waals surface area contributed by atoms with Gasteiger partial charge in [-0.25, -0.2) is 0 Å². The molecular weight excluding hydrogens is 223 g/mol. The molecule has 0 fully saturated rings. The van der Waals surface area contributed by atoms with E-state index in [-0.39, 0.29) is 11.8 Å². The first-order valence-electron chi connectivity index (χ1n) is 5.03. The summed E-state index contributed by atoms with van der Waals surface area (Å²) in [7, 11) is 2.14. The van der Waals surface area contributed by atoms with Gasteiger partial charge in [-0.1, -0.05) is 37.3 Å². The van der Waals surface area contributed by atoms with Gasteiger partial charge in [0.25, 0.3) is 0 Å². The normalized spacial score (nSPS) is 11.6. The lowest BCUT2D eigenvalue weighted by molar-refractivity contribution is -0.128. The smallest absolute Gasteiger partial charge is 0.250 e. The lowest BCUT2D eigenvalue weighted by atomic mass is 10.1. The summed E-state index contributed by atoms with van der Waals surface area (Å²) in [5, 5.41) is 5.13. The molecule has 16 heavy (non-hydrogen) atoms. The Bertz CT molecular complexity index is 368. The van der Waals surface area contributed by atoms with Crippen molar-refractivity contribution in [2.75, 3.05) is 0 Å². The van der Waals surface area contributed by atoms with E-state index in [0.717, 1.165) is 5.56 Å². The second-order valence-corrected chi connectivity index (χ2v) is 3.56. The fourth-order valence-corrected chi connectivity index (χ4v) is 1.46. The van der Waals surface area contributed by atoms with Gasteiger partial charge in [0.2, 0.25) is 11.8 Å². The Hall–Kier alpha value is -1.41. The molecule has 5 heteroatoms. The zero-order chi connectivity index (χ0) is 12.0. The standard InChI is InChI=1S/C11H15N2O2P/c1-2-9(14)12-10(11(15)13-16)8-6-4-3-5-7-8/h3-7,10H,2,16H2,1H3,(H,12,14)(H,13,15)/t10-/m0/s1. The van der Waals surface area contributed by atoms with Gasteiger partial charge in [-0.05, 0) is 15.0 Å². The molecule has 0 spiro atoms. The Labute approximate surface area is 97.1 Å². The second kappa shape index (κ2) is 6.23. The van der Waals surface area contributed by atoms with E-state index in [9.17, 15) is 9.59 Å².